The molecule has 60 valence electrons. The van der Waals surface area contributed by atoms with Crippen molar-refractivity contribution in [2.75, 3.05) is 0 Å². The molecule has 0 fully saturated rings. The molecule has 1 aromatic carbocycles. The molecule has 12 heavy (non-hydrogen) atoms. The minimum Gasteiger partial charge on any atom is -0.807 e. The molecule has 0 spiro atoms. The normalized spacial score (nSPS) is 10.6. The maximum Gasteiger partial charge on any atom is 2.00 e. The van der Waals surface area contributed by atoms with Gasteiger partial charge >= 0.3 is 23.1 Å². The van der Waals surface area contributed by atoms with Crippen molar-refractivity contribution in [2.45, 2.75) is 6.92 Å². The Morgan fingerprint density at radius 1 is 1.33 bits per heavy atom. The van der Waals surface area contributed by atoms with E-state index in [1.54, 1.807) is 19.1 Å². The maximum absolute atomic E-state index is 10.5. The predicted octanol–water partition coefficient (Wildman–Crippen LogP) is -0.847. The zero-order chi connectivity index (χ0) is 8.48. The second-order valence-corrected chi connectivity index (χ2v) is 3.85. The monoisotopic (exact) mass is 194 g/mol. The molecule has 0 unspecified atom stereocenters. The first-order valence-corrected chi connectivity index (χ1v) is 4.64. The Morgan fingerprint density at radius 2 is 1.92 bits per heavy atom. The van der Waals surface area contributed by atoms with E-state index < -0.39 is 7.60 Å². The number of rotatable bonds is 1. The van der Waals surface area contributed by atoms with E-state index in [1.807, 2.05) is 0 Å². The fourth-order valence-electron chi connectivity index (χ4n) is 0.798. The van der Waals surface area contributed by atoms with Crippen LogP contribution >= 0.6 is 7.60 Å². The zero-order valence-corrected chi connectivity index (χ0v) is 9.00. The van der Waals surface area contributed by atoms with E-state index in [0.717, 1.165) is 5.56 Å². The summed E-state index contributed by atoms with van der Waals surface area (Å²) in [5.41, 5.74) is 0.773. The van der Waals surface area contributed by atoms with Crippen LogP contribution in [0.15, 0.2) is 24.3 Å². The van der Waals surface area contributed by atoms with Gasteiger partial charge in [-0.2, -0.15) is 0 Å². The summed E-state index contributed by atoms with van der Waals surface area (Å²) in [6, 6.07) is 5.95. The third kappa shape index (κ3) is 3.25. The summed E-state index contributed by atoms with van der Waals surface area (Å²) < 4.78 is 10.5. The van der Waals surface area contributed by atoms with E-state index in [4.69, 9.17) is 0 Å². The van der Waals surface area contributed by atoms with Gasteiger partial charge in [0.15, 0.2) is 0 Å². The van der Waals surface area contributed by atoms with Crippen molar-refractivity contribution in [3.63, 3.8) is 0 Å². The van der Waals surface area contributed by atoms with Gasteiger partial charge in [-0.05, 0) is 19.8 Å². The largest absolute Gasteiger partial charge is 2.00 e. The predicted molar refractivity (Wildman–Crippen MR) is 44.2 cm³/mol. The van der Waals surface area contributed by atoms with E-state index in [1.165, 1.54) is 12.1 Å². The molecule has 0 aromatic heterocycles. The van der Waals surface area contributed by atoms with Crippen molar-refractivity contribution in [3.05, 3.63) is 29.8 Å². The van der Waals surface area contributed by atoms with Gasteiger partial charge in [-0.1, -0.05) is 29.8 Å². The van der Waals surface area contributed by atoms with Crippen molar-refractivity contribution in [1.29, 1.82) is 0 Å². The Bertz CT molecular complexity index is 307. The molecule has 0 amide bonds. The summed E-state index contributed by atoms with van der Waals surface area (Å²) in [6.07, 6.45) is 0. The van der Waals surface area contributed by atoms with Crippen LogP contribution in [0.25, 0.3) is 0 Å². The minimum atomic E-state index is -4.55. The molecule has 1 rings (SSSR count). The van der Waals surface area contributed by atoms with Crippen molar-refractivity contribution in [3.8, 4) is 0 Å². The molecule has 0 bridgehead atoms. The molecule has 0 saturated carbocycles. The first-order valence-electron chi connectivity index (χ1n) is 3.09. The van der Waals surface area contributed by atoms with Crippen molar-refractivity contribution < 1.29 is 14.4 Å². The van der Waals surface area contributed by atoms with Crippen molar-refractivity contribution in [1.82, 2.24) is 0 Å². The van der Waals surface area contributed by atoms with Crippen LogP contribution in [0, 0.1) is 6.92 Å². The van der Waals surface area contributed by atoms with E-state index in [-0.39, 0.29) is 28.4 Å². The fraction of sp³-hybridized carbons (Fsp3) is 0.143. The smallest absolute Gasteiger partial charge is 0.807 e. The number of benzene rings is 1. The Morgan fingerprint density at radius 3 is 2.25 bits per heavy atom. The van der Waals surface area contributed by atoms with Gasteiger partial charge in [-0.3, -0.25) is 0 Å². The van der Waals surface area contributed by atoms with E-state index in [0.29, 0.717) is 0 Å². The first kappa shape index (κ1) is 12.1. The van der Waals surface area contributed by atoms with Gasteiger partial charge in [0, 0.05) is 0 Å². The number of hydrogen-bond acceptors (Lipinski definition) is 3. The van der Waals surface area contributed by atoms with E-state index in [9.17, 15) is 14.4 Å². The molecule has 1 aromatic rings. The zero-order valence-electron chi connectivity index (χ0n) is 6.69. The van der Waals surface area contributed by atoms with Crippen LogP contribution in [-0.4, -0.2) is 23.1 Å². The van der Waals surface area contributed by atoms with Crippen molar-refractivity contribution >= 4 is 36.0 Å². The average Bonchev–Trinajstić information content (AvgIpc) is 1.86. The Hall–Kier alpha value is 0.136. The van der Waals surface area contributed by atoms with Crippen LogP contribution in [0.2, 0.25) is 0 Å². The second kappa shape index (κ2) is 4.39. The standard InChI is InChI=1S/C7H9O3P.Mg/c1-6-3-2-4-7(5-6)11(8,9)10;/h2-5H,1H3,(H2,8,9,10);/q;+2/p-2. The maximum atomic E-state index is 10.5. The summed E-state index contributed by atoms with van der Waals surface area (Å²) >= 11 is 0. The molecule has 0 aliphatic heterocycles. The summed E-state index contributed by atoms with van der Waals surface area (Å²) in [5.74, 6) is 0. The van der Waals surface area contributed by atoms with Gasteiger partial charge in [0.25, 0.3) is 0 Å². The molecule has 0 aliphatic rings. The minimum absolute atomic E-state index is 0. The SMILES string of the molecule is Cc1cccc(P(=O)([O-])[O-])c1.[Mg+2]. The third-order valence-corrected chi connectivity index (χ3v) is 2.23. The van der Waals surface area contributed by atoms with Crippen LogP contribution in [0.3, 0.4) is 0 Å². The third-order valence-electron chi connectivity index (χ3n) is 1.32. The molecule has 0 radical (unpaired) electrons. The molecule has 0 aliphatic carbocycles. The van der Waals surface area contributed by atoms with E-state index in [2.05, 4.69) is 0 Å². The van der Waals surface area contributed by atoms with Crippen LogP contribution in [-0.2, 0) is 4.57 Å². The Balaban J connectivity index is 0.00000121. The van der Waals surface area contributed by atoms with Crippen LogP contribution in [0.4, 0.5) is 0 Å². The summed E-state index contributed by atoms with van der Waals surface area (Å²) in [7, 11) is -4.55. The van der Waals surface area contributed by atoms with Crippen LogP contribution in [0.1, 0.15) is 5.56 Å². The molecule has 5 heteroatoms. The van der Waals surface area contributed by atoms with Gasteiger partial charge in [0.2, 0.25) is 0 Å². The number of hydrogen-bond donors (Lipinski definition) is 0. The topological polar surface area (TPSA) is 63.2 Å². The summed E-state index contributed by atoms with van der Waals surface area (Å²) in [5, 5.41) is -0.141. The van der Waals surface area contributed by atoms with Crippen LogP contribution < -0.4 is 15.1 Å². The molecule has 3 nitrogen and oxygen atoms in total. The van der Waals surface area contributed by atoms with Gasteiger partial charge in [-0.15, -0.1) is 0 Å². The summed E-state index contributed by atoms with van der Waals surface area (Å²) in [6.45, 7) is 1.74. The first-order chi connectivity index (χ1) is 5.00. The van der Waals surface area contributed by atoms with E-state index >= 15 is 0 Å². The van der Waals surface area contributed by atoms with Crippen LogP contribution in [0.5, 0.6) is 0 Å². The molecule has 0 N–H and O–H groups in total. The summed E-state index contributed by atoms with van der Waals surface area (Å²) in [4.78, 5) is 20.9. The number of aryl methyl sites for hydroxylation is 1. The fourth-order valence-corrected chi connectivity index (χ4v) is 1.43. The molecule has 0 saturated heterocycles. The molecule has 0 heterocycles. The molecular weight excluding hydrogens is 187 g/mol. The Kier molecular flexibility index (Phi) is 4.44. The van der Waals surface area contributed by atoms with Gasteiger partial charge < -0.3 is 14.4 Å². The molecular formula is C7H7MgO3P. The molecule has 0 atom stereocenters. The Labute approximate surface area is 87.1 Å². The van der Waals surface area contributed by atoms with Crippen molar-refractivity contribution in [2.24, 2.45) is 0 Å². The van der Waals surface area contributed by atoms with Gasteiger partial charge in [-0.25, -0.2) is 0 Å². The second-order valence-electron chi connectivity index (χ2n) is 2.34. The quantitative estimate of drug-likeness (QED) is 0.432. The van der Waals surface area contributed by atoms with Gasteiger partial charge in [0.1, 0.15) is 0 Å². The van der Waals surface area contributed by atoms with Gasteiger partial charge in [0.05, 0.1) is 0 Å². The average molecular weight is 194 g/mol.